The Hall–Kier alpha value is -0.510. The van der Waals surface area contributed by atoms with Crippen molar-refractivity contribution in [2.24, 2.45) is 5.73 Å². The molecule has 1 atom stereocenters. The van der Waals surface area contributed by atoms with E-state index in [1.807, 2.05) is 6.08 Å². The molecule has 0 aromatic rings. The zero-order valence-electron chi connectivity index (χ0n) is 9.02. The summed E-state index contributed by atoms with van der Waals surface area (Å²) in [5.74, 6) is 0. The molecule has 0 amide bonds. The van der Waals surface area contributed by atoms with Crippen LogP contribution >= 0.6 is 0 Å². The number of hydrogen-bond donors (Lipinski definition) is 1. The van der Waals surface area contributed by atoms with Gasteiger partial charge in [0, 0.05) is 12.5 Å². The van der Waals surface area contributed by atoms with Gasteiger partial charge < -0.3 is 5.73 Å². The van der Waals surface area contributed by atoms with Crippen molar-refractivity contribution >= 4 is 0 Å². The van der Waals surface area contributed by atoms with E-state index in [1.165, 1.54) is 0 Å². The molecule has 0 aliphatic heterocycles. The third-order valence-corrected chi connectivity index (χ3v) is 2.28. The highest BCUT2D eigenvalue weighted by Crippen LogP contribution is 2.22. The summed E-state index contributed by atoms with van der Waals surface area (Å²) < 4.78 is 35.5. The van der Waals surface area contributed by atoms with Crippen molar-refractivity contribution in [1.29, 1.82) is 0 Å². The first kappa shape index (κ1) is 14.5. The minimum Gasteiger partial charge on any atom is -0.328 e. The van der Waals surface area contributed by atoms with Crippen LogP contribution in [0.1, 0.15) is 44.9 Å². The maximum Gasteiger partial charge on any atom is 0.389 e. The number of nitrogens with two attached hydrogens (primary N) is 1. The Bertz CT molecular complexity index is 166. The zero-order chi connectivity index (χ0) is 11.7. The van der Waals surface area contributed by atoms with Crippen LogP contribution in [0, 0.1) is 0 Å². The van der Waals surface area contributed by atoms with Gasteiger partial charge in [-0.25, -0.2) is 0 Å². The van der Waals surface area contributed by atoms with Gasteiger partial charge in [-0.15, -0.1) is 6.58 Å². The first-order valence-electron chi connectivity index (χ1n) is 5.39. The molecule has 0 aliphatic rings. The molecule has 0 aliphatic carbocycles. The van der Waals surface area contributed by atoms with Gasteiger partial charge in [0.2, 0.25) is 0 Å². The van der Waals surface area contributed by atoms with Crippen LogP contribution in [0.2, 0.25) is 0 Å². The molecule has 0 aromatic heterocycles. The van der Waals surface area contributed by atoms with Crippen LogP contribution in [0.3, 0.4) is 0 Å². The standard InChI is InChI=1S/C11H20F3N/c1-2-3-4-5-6-7-10(15)8-9-11(12,13)14/h2,10H,1,3-9,15H2. The summed E-state index contributed by atoms with van der Waals surface area (Å²) in [7, 11) is 0. The van der Waals surface area contributed by atoms with Crippen LogP contribution in [0.15, 0.2) is 12.7 Å². The molecule has 0 spiro atoms. The molecular weight excluding hydrogens is 203 g/mol. The Morgan fingerprint density at radius 1 is 1.13 bits per heavy atom. The Morgan fingerprint density at radius 2 is 1.80 bits per heavy atom. The minimum atomic E-state index is -4.07. The van der Waals surface area contributed by atoms with Crippen molar-refractivity contribution < 1.29 is 13.2 Å². The van der Waals surface area contributed by atoms with Crippen LogP contribution in [0.4, 0.5) is 13.2 Å². The van der Waals surface area contributed by atoms with Crippen molar-refractivity contribution in [1.82, 2.24) is 0 Å². The van der Waals surface area contributed by atoms with E-state index >= 15 is 0 Å². The summed E-state index contributed by atoms with van der Waals surface area (Å²) in [5.41, 5.74) is 5.58. The molecule has 0 saturated carbocycles. The molecule has 90 valence electrons. The van der Waals surface area contributed by atoms with Crippen LogP contribution < -0.4 is 5.73 Å². The highest BCUT2D eigenvalue weighted by atomic mass is 19.4. The molecule has 1 nitrogen and oxygen atoms in total. The molecular formula is C11H20F3N. The fraction of sp³-hybridized carbons (Fsp3) is 0.818. The molecule has 2 N–H and O–H groups in total. The first-order chi connectivity index (χ1) is 6.95. The van der Waals surface area contributed by atoms with Crippen molar-refractivity contribution in [2.75, 3.05) is 0 Å². The molecule has 1 unspecified atom stereocenters. The molecule has 0 heterocycles. The van der Waals surface area contributed by atoms with Gasteiger partial charge in [0.05, 0.1) is 0 Å². The molecule has 0 bridgehead atoms. The summed E-state index contributed by atoms with van der Waals surface area (Å²) in [5, 5.41) is 0. The first-order valence-corrected chi connectivity index (χ1v) is 5.39. The number of rotatable bonds is 8. The zero-order valence-corrected chi connectivity index (χ0v) is 9.02. The van der Waals surface area contributed by atoms with E-state index in [1.54, 1.807) is 0 Å². The van der Waals surface area contributed by atoms with Crippen molar-refractivity contribution in [3.63, 3.8) is 0 Å². The van der Waals surface area contributed by atoms with Crippen molar-refractivity contribution in [2.45, 2.75) is 57.2 Å². The lowest BCUT2D eigenvalue weighted by Gasteiger charge is -2.12. The van der Waals surface area contributed by atoms with E-state index in [0.717, 1.165) is 25.7 Å². The van der Waals surface area contributed by atoms with Crippen molar-refractivity contribution in [3.05, 3.63) is 12.7 Å². The predicted octanol–water partition coefficient (Wildman–Crippen LogP) is 3.79. The Labute approximate surface area is 89.5 Å². The fourth-order valence-corrected chi connectivity index (χ4v) is 1.37. The van der Waals surface area contributed by atoms with Gasteiger partial charge in [-0.1, -0.05) is 18.9 Å². The van der Waals surface area contributed by atoms with Gasteiger partial charge in [-0.2, -0.15) is 13.2 Å². The molecule has 0 fully saturated rings. The van der Waals surface area contributed by atoms with Crippen LogP contribution in [0.25, 0.3) is 0 Å². The molecule has 0 radical (unpaired) electrons. The molecule has 0 saturated heterocycles. The molecule has 0 rings (SSSR count). The second-order valence-corrected chi connectivity index (χ2v) is 3.84. The second kappa shape index (κ2) is 7.74. The Kier molecular flexibility index (Phi) is 7.48. The number of alkyl halides is 3. The van der Waals surface area contributed by atoms with Crippen LogP contribution in [-0.2, 0) is 0 Å². The number of halogens is 3. The summed E-state index contributed by atoms with van der Waals surface area (Å²) in [6.45, 7) is 3.60. The topological polar surface area (TPSA) is 26.0 Å². The highest BCUT2D eigenvalue weighted by Gasteiger charge is 2.27. The molecule has 0 aromatic carbocycles. The lowest BCUT2D eigenvalue weighted by molar-refractivity contribution is -0.136. The van der Waals surface area contributed by atoms with E-state index in [-0.39, 0.29) is 12.5 Å². The van der Waals surface area contributed by atoms with Crippen molar-refractivity contribution in [3.8, 4) is 0 Å². The third kappa shape index (κ3) is 11.4. The maximum atomic E-state index is 11.8. The SMILES string of the molecule is C=CCCCCCC(N)CCC(F)(F)F. The summed E-state index contributed by atoms with van der Waals surface area (Å²) in [6, 6.07) is -0.310. The number of hydrogen-bond acceptors (Lipinski definition) is 1. The van der Waals surface area contributed by atoms with E-state index in [9.17, 15) is 13.2 Å². The van der Waals surface area contributed by atoms with E-state index < -0.39 is 12.6 Å². The average Bonchev–Trinajstić information content (AvgIpc) is 2.13. The summed E-state index contributed by atoms with van der Waals surface area (Å²) in [6.07, 6.45) is 1.70. The smallest absolute Gasteiger partial charge is 0.328 e. The largest absolute Gasteiger partial charge is 0.389 e. The van der Waals surface area contributed by atoms with E-state index in [0.29, 0.717) is 6.42 Å². The van der Waals surface area contributed by atoms with Crippen LogP contribution in [-0.4, -0.2) is 12.2 Å². The third-order valence-electron chi connectivity index (χ3n) is 2.28. The van der Waals surface area contributed by atoms with Crippen LogP contribution in [0.5, 0.6) is 0 Å². The normalized spacial score (nSPS) is 13.9. The number of unbranched alkanes of at least 4 members (excludes halogenated alkanes) is 3. The van der Waals surface area contributed by atoms with Gasteiger partial charge in [-0.3, -0.25) is 0 Å². The van der Waals surface area contributed by atoms with Gasteiger partial charge in [0.25, 0.3) is 0 Å². The summed E-state index contributed by atoms with van der Waals surface area (Å²) in [4.78, 5) is 0. The lowest BCUT2D eigenvalue weighted by atomic mass is 10.0. The molecule has 15 heavy (non-hydrogen) atoms. The van der Waals surface area contributed by atoms with E-state index in [4.69, 9.17) is 5.73 Å². The van der Waals surface area contributed by atoms with E-state index in [2.05, 4.69) is 6.58 Å². The fourth-order valence-electron chi connectivity index (χ4n) is 1.37. The Morgan fingerprint density at radius 3 is 2.33 bits per heavy atom. The minimum absolute atomic E-state index is 0.0466. The maximum absolute atomic E-state index is 11.8. The van der Waals surface area contributed by atoms with Gasteiger partial charge in [0.1, 0.15) is 0 Å². The predicted molar refractivity (Wildman–Crippen MR) is 56.5 cm³/mol. The second-order valence-electron chi connectivity index (χ2n) is 3.84. The average molecular weight is 223 g/mol. The van der Waals surface area contributed by atoms with Gasteiger partial charge >= 0.3 is 6.18 Å². The summed E-state index contributed by atoms with van der Waals surface area (Å²) >= 11 is 0. The quantitative estimate of drug-likeness (QED) is 0.491. The van der Waals surface area contributed by atoms with Gasteiger partial charge in [0.15, 0.2) is 0 Å². The lowest BCUT2D eigenvalue weighted by Crippen LogP contribution is -2.22. The Balaban J connectivity index is 3.33. The highest BCUT2D eigenvalue weighted by molar-refractivity contribution is 4.67. The van der Waals surface area contributed by atoms with Gasteiger partial charge in [-0.05, 0) is 25.7 Å². The number of allylic oxidation sites excluding steroid dienone is 1. The molecule has 4 heteroatoms. The monoisotopic (exact) mass is 223 g/mol.